The molecule has 5 nitrogen and oxygen atoms in total. The number of hydrogen-bond acceptors (Lipinski definition) is 4. The molecule has 0 saturated carbocycles. The molecule has 0 aliphatic carbocycles. The largest absolute Gasteiger partial charge is 0.493 e. The van der Waals surface area contributed by atoms with Crippen molar-refractivity contribution >= 4 is 40.2 Å². The van der Waals surface area contributed by atoms with Crippen LogP contribution >= 0.6 is 22.6 Å². The molecule has 6 heteroatoms. The first-order valence-electron chi connectivity index (χ1n) is 7.46. The Hall–Kier alpha value is -2.53. The molecular weight excluding hydrogens is 433 g/mol. The summed E-state index contributed by atoms with van der Waals surface area (Å²) in [6.45, 7) is 2.43. The van der Waals surface area contributed by atoms with Gasteiger partial charge >= 0.3 is 5.97 Å². The Balaban J connectivity index is 2.44. The highest BCUT2D eigenvalue weighted by Crippen LogP contribution is 2.35. The van der Waals surface area contributed by atoms with Gasteiger partial charge in [-0.15, -0.1) is 0 Å². The summed E-state index contributed by atoms with van der Waals surface area (Å²) in [5, 5.41) is 18.4. The standard InChI is InChI=1S/C19H16INO4/c1-3-25-18-16(20)9-12(10-17(18)24-2)8-15(11-21)13-4-6-14(7-5-13)19(22)23/h4-10H,3H2,1-2H3,(H,22,23)/b15-8+. The van der Waals surface area contributed by atoms with Crippen LogP contribution in [0.2, 0.25) is 0 Å². The van der Waals surface area contributed by atoms with Gasteiger partial charge in [-0.25, -0.2) is 4.79 Å². The molecule has 0 fully saturated rings. The van der Waals surface area contributed by atoms with Crippen molar-refractivity contribution < 1.29 is 19.4 Å². The van der Waals surface area contributed by atoms with E-state index >= 15 is 0 Å². The number of methoxy groups -OCH3 is 1. The predicted molar refractivity (Wildman–Crippen MR) is 104 cm³/mol. The van der Waals surface area contributed by atoms with Crippen LogP contribution in [-0.2, 0) is 0 Å². The summed E-state index contributed by atoms with van der Waals surface area (Å²) in [5.74, 6) is 0.269. The van der Waals surface area contributed by atoms with Crippen LogP contribution in [0.15, 0.2) is 36.4 Å². The van der Waals surface area contributed by atoms with E-state index in [4.69, 9.17) is 14.6 Å². The second-order valence-electron chi connectivity index (χ2n) is 5.02. The summed E-state index contributed by atoms with van der Waals surface area (Å²) in [6, 6.07) is 12.0. The van der Waals surface area contributed by atoms with Crippen LogP contribution in [-0.4, -0.2) is 24.8 Å². The summed E-state index contributed by atoms with van der Waals surface area (Å²) < 4.78 is 11.8. The molecule has 2 aromatic carbocycles. The van der Waals surface area contributed by atoms with E-state index in [1.165, 1.54) is 12.1 Å². The molecule has 25 heavy (non-hydrogen) atoms. The van der Waals surface area contributed by atoms with Gasteiger partial charge in [0.25, 0.3) is 0 Å². The van der Waals surface area contributed by atoms with E-state index in [-0.39, 0.29) is 5.56 Å². The molecule has 2 rings (SSSR count). The van der Waals surface area contributed by atoms with Crippen LogP contribution in [0.3, 0.4) is 0 Å². The Morgan fingerprint density at radius 1 is 1.28 bits per heavy atom. The lowest BCUT2D eigenvalue weighted by Gasteiger charge is -2.12. The van der Waals surface area contributed by atoms with Gasteiger partial charge in [0.15, 0.2) is 11.5 Å². The van der Waals surface area contributed by atoms with E-state index in [0.29, 0.717) is 29.2 Å². The number of benzene rings is 2. The van der Waals surface area contributed by atoms with Gasteiger partial charge < -0.3 is 14.6 Å². The van der Waals surface area contributed by atoms with E-state index in [0.717, 1.165) is 9.13 Å². The Morgan fingerprint density at radius 3 is 2.44 bits per heavy atom. The SMILES string of the molecule is CCOc1c(I)cc(/C=C(\C#N)c2ccc(C(=O)O)cc2)cc1OC. The Labute approximate surface area is 159 Å². The summed E-state index contributed by atoms with van der Waals surface area (Å²) >= 11 is 2.16. The summed E-state index contributed by atoms with van der Waals surface area (Å²) in [6.07, 6.45) is 1.73. The predicted octanol–water partition coefficient (Wildman–Crippen LogP) is 4.46. The maximum absolute atomic E-state index is 10.9. The maximum atomic E-state index is 10.9. The van der Waals surface area contributed by atoms with Crippen molar-refractivity contribution in [2.75, 3.05) is 13.7 Å². The van der Waals surface area contributed by atoms with Crippen molar-refractivity contribution in [3.05, 3.63) is 56.7 Å². The van der Waals surface area contributed by atoms with Crippen LogP contribution in [0, 0.1) is 14.9 Å². The Morgan fingerprint density at radius 2 is 1.92 bits per heavy atom. The van der Waals surface area contributed by atoms with Crippen LogP contribution in [0.4, 0.5) is 0 Å². The van der Waals surface area contributed by atoms with Crippen LogP contribution in [0.25, 0.3) is 11.6 Å². The van der Waals surface area contributed by atoms with Gasteiger partial charge in [0.05, 0.1) is 34.5 Å². The van der Waals surface area contributed by atoms with E-state index in [1.54, 1.807) is 31.4 Å². The molecule has 0 saturated heterocycles. The average molecular weight is 449 g/mol. The monoisotopic (exact) mass is 449 g/mol. The lowest BCUT2D eigenvalue weighted by atomic mass is 10.0. The van der Waals surface area contributed by atoms with Gasteiger partial charge in [-0.05, 0) is 71.0 Å². The molecular formula is C19H16INO4. The number of halogens is 1. The highest BCUT2D eigenvalue weighted by atomic mass is 127. The maximum Gasteiger partial charge on any atom is 0.335 e. The van der Waals surface area contributed by atoms with E-state index in [1.807, 2.05) is 13.0 Å². The van der Waals surface area contributed by atoms with Crippen LogP contribution in [0.1, 0.15) is 28.4 Å². The number of carboxylic acids is 1. The lowest BCUT2D eigenvalue weighted by Crippen LogP contribution is -1.98. The van der Waals surface area contributed by atoms with Crippen molar-refractivity contribution in [2.24, 2.45) is 0 Å². The number of nitriles is 1. The zero-order chi connectivity index (χ0) is 18.4. The van der Waals surface area contributed by atoms with Gasteiger partial charge in [0.1, 0.15) is 0 Å². The first-order valence-corrected chi connectivity index (χ1v) is 8.53. The molecule has 0 radical (unpaired) electrons. The first-order chi connectivity index (χ1) is 12.0. The third kappa shape index (κ3) is 4.51. The molecule has 0 spiro atoms. The van der Waals surface area contributed by atoms with Crippen molar-refractivity contribution in [2.45, 2.75) is 6.92 Å². The minimum Gasteiger partial charge on any atom is -0.493 e. The van der Waals surface area contributed by atoms with Gasteiger partial charge in [-0.3, -0.25) is 0 Å². The van der Waals surface area contributed by atoms with Crippen molar-refractivity contribution in [1.29, 1.82) is 5.26 Å². The number of nitrogens with zero attached hydrogens (tertiary/aromatic N) is 1. The molecule has 0 bridgehead atoms. The number of carboxylic acid groups (broad SMARTS) is 1. The number of hydrogen-bond donors (Lipinski definition) is 1. The fourth-order valence-electron chi connectivity index (χ4n) is 2.25. The molecule has 0 atom stereocenters. The van der Waals surface area contributed by atoms with Crippen LogP contribution < -0.4 is 9.47 Å². The number of allylic oxidation sites excluding steroid dienone is 1. The third-order valence-electron chi connectivity index (χ3n) is 3.41. The van der Waals surface area contributed by atoms with Crippen LogP contribution in [0.5, 0.6) is 11.5 Å². The highest BCUT2D eigenvalue weighted by molar-refractivity contribution is 14.1. The number of ether oxygens (including phenoxy) is 2. The average Bonchev–Trinajstić information content (AvgIpc) is 2.61. The normalized spacial score (nSPS) is 10.9. The molecule has 0 aliphatic rings. The Kier molecular flexibility index (Phi) is 6.42. The van der Waals surface area contributed by atoms with Crippen molar-refractivity contribution in [3.63, 3.8) is 0 Å². The van der Waals surface area contributed by atoms with Gasteiger partial charge in [0, 0.05) is 0 Å². The lowest BCUT2D eigenvalue weighted by molar-refractivity contribution is 0.0697. The summed E-state index contributed by atoms with van der Waals surface area (Å²) in [7, 11) is 1.57. The zero-order valence-electron chi connectivity index (χ0n) is 13.7. The minimum atomic E-state index is -1.00. The molecule has 0 aromatic heterocycles. The fourth-order valence-corrected chi connectivity index (χ4v) is 3.03. The second-order valence-corrected chi connectivity index (χ2v) is 6.18. The quantitative estimate of drug-likeness (QED) is 0.400. The van der Waals surface area contributed by atoms with Gasteiger partial charge in [-0.2, -0.15) is 5.26 Å². The van der Waals surface area contributed by atoms with Gasteiger partial charge in [-0.1, -0.05) is 12.1 Å². The minimum absolute atomic E-state index is 0.179. The summed E-state index contributed by atoms with van der Waals surface area (Å²) in [4.78, 5) is 10.9. The zero-order valence-corrected chi connectivity index (χ0v) is 15.9. The fraction of sp³-hybridized carbons (Fsp3) is 0.158. The van der Waals surface area contributed by atoms with Gasteiger partial charge in [0.2, 0.25) is 0 Å². The van der Waals surface area contributed by atoms with E-state index in [2.05, 4.69) is 28.7 Å². The van der Waals surface area contributed by atoms with E-state index < -0.39 is 5.97 Å². The molecule has 0 heterocycles. The molecule has 1 N–H and O–H groups in total. The number of aromatic carboxylic acids is 1. The van der Waals surface area contributed by atoms with Crippen molar-refractivity contribution in [1.82, 2.24) is 0 Å². The second kappa shape index (κ2) is 8.53. The van der Waals surface area contributed by atoms with E-state index in [9.17, 15) is 10.1 Å². The Bertz CT molecular complexity index is 851. The number of carbonyl (C=O) groups is 1. The number of rotatable bonds is 6. The molecule has 128 valence electrons. The summed E-state index contributed by atoms with van der Waals surface area (Å²) in [5.41, 5.74) is 2.05. The highest BCUT2D eigenvalue weighted by Gasteiger charge is 2.11. The topological polar surface area (TPSA) is 79.5 Å². The molecule has 0 aliphatic heterocycles. The third-order valence-corrected chi connectivity index (χ3v) is 4.22. The van der Waals surface area contributed by atoms with Crippen molar-refractivity contribution in [3.8, 4) is 17.6 Å². The smallest absolute Gasteiger partial charge is 0.335 e. The molecule has 0 amide bonds. The molecule has 0 unspecified atom stereocenters. The molecule has 2 aromatic rings. The first kappa shape index (κ1) is 18.8.